The first-order valence-electron chi connectivity index (χ1n) is 5.63. The van der Waals surface area contributed by atoms with Crippen molar-refractivity contribution in [2.45, 2.75) is 45.1 Å². The van der Waals surface area contributed by atoms with Crippen molar-refractivity contribution in [3.05, 3.63) is 0 Å². The molecule has 4 nitrogen and oxygen atoms in total. The molecule has 5 heteroatoms. The molecule has 0 radical (unpaired) electrons. The molecule has 0 aliphatic heterocycles. The highest BCUT2D eigenvalue weighted by Crippen LogP contribution is 2.28. The molecule has 1 heterocycles. The van der Waals surface area contributed by atoms with Gasteiger partial charge < -0.3 is 11.1 Å². The molecular weight excluding hydrogens is 208 g/mol. The fraction of sp³-hybridized carbons (Fsp3) is 0.800. The predicted octanol–water partition coefficient (Wildman–Crippen LogP) is 2.50. The summed E-state index contributed by atoms with van der Waals surface area (Å²) in [7, 11) is 0. The van der Waals surface area contributed by atoms with Crippen LogP contribution >= 0.6 is 11.5 Å². The number of hydrogen-bond acceptors (Lipinski definition) is 5. The maximum Gasteiger partial charge on any atom is 0.233 e. The third-order valence-corrected chi connectivity index (χ3v) is 3.85. The van der Waals surface area contributed by atoms with Crippen LogP contribution < -0.4 is 11.1 Å². The lowest BCUT2D eigenvalue weighted by atomic mass is 9.85. The van der Waals surface area contributed by atoms with Gasteiger partial charge >= 0.3 is 0 Å². The lowest BCUT2D eigenvalue weighted by Gasteiger charge is -2.28. The predicted molar refractivity (Wildman–Crippen MR) is 64.0 cm³/mol. The SMILES string of the molecule is CCC1CCC(Nc2nc(N)ns2)CC1. The standard InChI is InChI=1S/C10H18N4S/c1-2-7-3-5-8(6-4-7)12-10-13-9(11)14-15-10/h7-8H,2-6H2,1H3,(H3,11,12,13,14). The molecule has 0 atom stereocenters. The Labute approximate surface area is 94.5 Å². The van der Waals surface area contributed by atoms with E-state index in [1.165, 1.54) is 43.6 Å². The molecule has 1 aromatic rings. The van der Waals surface area contributed by atoms with E-state index in [4.69, 9.17) is 5.73 Å². The highest BCUT2D eigenvalue weighted by Gasteiger charge is 2.20. The van der Waals surface area contributed by atoms with Gasteiger partial charge in [-0.3, -0.25) is 0 Å². The van der Waals surface area contributed by atoms with E-state index in [0.717, 1.165) is 11.0 Å². The minimum Gasteiger partial charge on any atom is -0.367 e. The molecule has 1 aromatic heterocycles. The summed E-state index contributed by atoms with van der Waals surface area (Å²) in [5.41, 5.74) is 5.48. The van der Waals surface area contributed by atoms with Gasteiger partial charge in [0, 0.05) is 17.6 Å². The van der Waals surface area contributed by atoms with Crippen LogP contribution in [0.15, 0.2) is 0 Å². The normalized spacial score (nSPS) is 26.5. The van der Waals surface area contributed by atoms with E-state index in [0.29, 0.717) is 12.0 Å². The van der Waals surface area contributed by atoms with Gasteiger partial charge in [0.05, 0.1) is 0 Å². The van der Waals surface area contributed by atoms with Crippen LogP contribution in [0.1, 0.15) is 39.0 Å². The van der Waals surface area contributed by atoms with E-state index in [1.807, 2.05) is 0 Å². The molecule has 1 fully saturated rings. The van der Waals surface area contributed by atoms with Gasteiger partial charge in [-0.2, -0.15) is 9.36 Å². The third-order valence-electron chi connectivity index (χ3n) is 3.19. The summed E-state index contributed by atoms with van der Waals surface area (Å²) in [6, 6.07) is 0.570. The monoisotopic (exact) mass is 226 g/mol. The summed E-state index contributed by atoms with van der Waals surface area (Å²) in [5, 5.41) is 4.28. The first-order chi connectivity index (χ1) is 7.28. The fourth-order valence-corrected chi connectivity index (χ4v) is 2.76. The molecular formula is C10H18N4S. The molecule has 0 bridgehead atoms. The van der Waals surface area contributed by atoms with Crippen LogP contribution in [0.4, 0.5) is 11.1 Å². The number of aromatic nitrogens is 2. The van der Waals surface area contributed by atoms with Gasteiger partial charge in [0.2, 0.25) is 11.1 Å². The van der Waals surface area contributed by atoms with Crippen molar-refractivity contribution in [3.63, 3.8) is 0 Å². The van der Waals surface area contributed by atoms with E-state index in [1.54, 1.807) is 0 Å². The Morgan fingerprint density at radius 3 is 2.67 bits per heavy atom. The van der Waals surface area contributed by atoms with E-state index in [9.17, 15) is 0 Å². The van der Waals surface area contributed by atoms with Gasteiger partial charge in [0.15, 0.2) is 0 Å². The van der Waals surface area contributed by atoms with Gasteiger partial charge in [-0.15, -0.1) is 0 Å². The van der Waals surface area contributed by atoms with Crippen LogP contribution in [0.25, 0.3) is 0 Å². The maximum absolute atomic E-state index is 5.48. The van der Waals surface area contributed by atoms with Gasteiger partial charge in [-0.1, -0.05) is 13.3 Å². The highest BCUT2D eigenvalue weighted by molar-refractivity contribution is 7.09. The number of anilines is 2. The highest BCUT2D eigenvalue weighted by atomic mass is 32.1. The Kier molecular flexibility index (Phi) is 3.41. The van der Waals surface area contributed by atoms with E-state index >= 15 is 0 Å². The van der Waals surface area contributed by atoms with Crippen molar-refractivity contribution in [1.82, 2.24) is 9.36 Å². The Morgan fingerprint density at radius 1 is 1.40 bits per heavy atom. The lowest BCUT2D eigenvalue weighted by molar-refractivity contribution is 0.330. The van der Waals surface area contributed by atoms with Crippen molar-refractivity contribution in [1.29, 1.82) is 0 Å². The molecule has 84 valence electrons. The average Bonchev–Trinajstić information content (AvgIpc) is 2.65. The zero-order chi connectivity index (χ0) is 10.7. The largest absolute Gasteiger partial charge is 0.367 e. The van der Waals surface area contributed by atoms with E-state index in [2.05, 4.69) is 21.6 Å². The Hall–Kier alpha value is -0.840. The van der Waals surface area contributed by atoms with Crippen LogP contribution in [0, 0.1) is 5.92 Å². The summed E-state index contributed by atoms with van der Waals surface area (Å²) in [4.78, 5) is 4.12. The minimum absolute atomic E-state index is 0.379. The second-order valence-electron chi connectivity index (χ2n) is 4.23. The molecule has 3 N–H and O–H groups in total. The van der Waals surface area contributed by atoms with Gasteiger partial charge in [-0.05, 0) is 31.6 Å². The van der Waals surface area contributed by atoms with E-state index < -0.39 is 0 Å². The molecule has 0 amide bonds. The Morgan fingerprint density at radius 2 is 2.13 bits per heavy atom. The molecule has 15 heavy (non-hydrogen) atoms. The smallest absolute Gasteiger partial charge is 0.233 e. The third kappa shape index (κ3) is 2.81. The number of nitrogens with two attached hydrogens (primary N) is 1. The molecule has 0 unspecified atom stereocenters. The van der Waals surface area contributed by atoms with Crippen LogP contribution in [-0.4, -0.2) is 15.4 Å². The molecule has 1 saturated carbocycles. The summed E-state index contributed by atoms with van der Waals surface area (Å²) < 4.78 is 3.96. The maximum atomic E-state index is 5.48. The molecule has 1 aliphatic rings. The number of nitrogens with one attached hydrogen (secondary N) is 1. The second-order valence-corrected chi connectivity index (χ2v) is 4.98. The molecule has 0 saturated heterocycles. The van der Waals surface area contributed by atoms with Gasteiger partial charge in [-0.25, -0.2) is 0 Å². The summed E-state index contributed by atoms with van der Waals surface area (Å²) in [6.45, 7) is 2.28. The Balaban J connectivity index is 1.82. The number of nitrogens with zero attached hydrogens (tertiary/aromatic N) is 2. The fourth-order valence-electron chi connectivity index (χ4n) is 2.18. The van der Waals surface area contributed by atoms with Gasteiger partial charge in [0.1, 0.15) is 0 Å². The topological polar surface area (TPSA) is 63.8 Å². The number of rotatable bonds is 3. The van der Waals surface area contributed by atoms with Crippen molar-refractivity contribution >= 4 is 22.6 Å². The van der Waals surface area contributed by atoms with Crippen molar-refractivity contribution in [3.8, 4) is 0 Å². The molecule has 2 rings (SSSR count). The Bertz CT molecular complexity index is 304. The zero-order valence-corrected chi connectivity index (χ0v) is 9.89. The first kappa shape index (κ1) is 10.7. The quantitative estimate of drug-likeness (QED) is 0.831. The summed E-state index contributed by atoms with van der Waals surface area (Å²) in [6.07, 6.45) is 6.49. The summed E-state index contributed by atoms with van der Waals surface area (Å²) >= 11 is 1.35. The van der Waals surface area contributed by atoms with Crippen LogP contribution in [0.2, 0.25) is 0 Å². The first-order valence-corrected chi connectivity index (χ1v) is 6.41. The number of hydrogen-bond donors (Lipinski definition) is 2. The zero-order valence-electron chi connectivity index (χ0n) is 9.07. The van der Waals surface area contributed by atoms with Gasteiger partial charge in [0.25, 0.3) is 0 Å². The summed E-state index contributed by atoms with van der Waals surface area (Å²) in [5.74, 6) is 1.31. The van der Waals surface area contributed by atoms with E-state index in [-0.39, 0.29) is 0 Å². The van der Waals surface area contributed by atoms with Crippen LogP contribution in [0.3, 0.4) is 0 Å². The van der Waals surface area contributed by atoms with Crippen molar-refractivity contribution in [2.24, 2.45) is 5.92 Å². The second kappa shape index (κ2) is 4.79. The van der Waals surface area contributed by atoms with Crippen molar-refractivity contribution in [2.75, 3.05) is 11.1 Å². The average molecular weight is 226 g/mol. The molecule has 0 spiro atoms. The van der Waals surface area contributed by atoms with Crippen molar-refractivity contribution < 1.29 is 0 Å². The minimum atomic E-state index is 0.379. The lowest BCUT2D eigenvalue weighted by Crippen LogP contribution is -2.25. The number of nitrogen functional groups attached to an aromatic ring is 1. The molecule has 0 aromatic carbocycles. The van der Waals surface area contributed by atoms with Crippen LogP contribution in [0.5, 0.6) is 0 Å². The molecule has 1 aliphatic carbocycles. The van der Waals surface area contributed by atoms with Crippen LogP contribution in [-0.2, 0) is 0 Å².